The van der Waals surface area contributed by atoms with Crippen molar-refractivity contribution in [2.45, 2.75) is 45.3 Å². The summed E-state index contributed by atoms with van der Waals surface area (Å²) in [5.74, 6) is 2.15. The summed E-state index contributed by atoms with van der Waals surface area (Å²) < 4.78 is 4.26. The lowest BCUT2D eigenvalue weighted by Crippen LogP contribution is -2.36. The summed E-state index contributed by atoms with van der Waals surface area (Å²) in [7, 11) is 0. The van der Waals surface area contributed by atoms with Crippen molar-refractivity contribution in [2.24, 2.45) is 5.92 Å². The van der Waals surface area contributed by atoms with Gasteiger partial charge < -0.3 is 4.57 Å². The maximum atomic E-state index is 4.81. The molecule has 1 aliphatic carbocycles. The molecule has 2 aromatic rings. The molecule has 2 aliphatic rings. The Kier molecular flexibility index (Phi) is 3.51. The average molecular weight is 285 g/mol. The SMILES string of the molecule is c1cnn(Cc2cn3c(n2)CN(CC2CCCC2)CC3)c1. The number of hydrogen-bond acceptors (Lipinski definition) is 3. The van der Waals surface area contributed by atoms with Crippen molar-refractivity contribution in [1.29, 1.82) is 0 Å². The summed E-state index contributed by atoms with van der Waals surface area (Å²) in [5, 5.41) is 4.26. The van der Waals surface area contributed by atoms with Crippen molar-refractivity contribution >= 4 is 0 Å². The molecule has 1 saturated carbocycles. The van der Waals surface area contributed by atoms with Gasteiger partial charge in [0.25, 0.3) is 0 Å². The highest BCUT2D eigenvalue weighted by Gasteiger charge is 2.23. The van der Waals surface area contributed by atoms with Gasteiger partial charge in [-0.2, -0.15) is 5.10 Å². The first-order valence-electron chi connectivity index (χ1n) is 8.11. The summed E-state index contributed by atoms with van der Waals surface area (Å²) in [6.45, 7) is 5.29. The molecule has 5 nitrogen and oxygen atoms in total. The van der Waals surface area contributed by atoms with Crippen LogP contribution >= 0.6 is 0 Å². The minimum Gasteiger partial charge on any atom is -0.332 e. The summed E-state index contributed by atoms with van der Waals surface area (Å²) in [4.78, 5) is 7.40. The lowest BCUT2D eigenvalue weighted by molar-refractivity contribution is 0.186. The van der Waals surface area contributed by atoms with E-state index < -0.39 is 0 Å². The van der Waals surface area contributed by atoms with Crippen LogP contribution in [-0.2, 0) is 19.6 Å². The quantitative estimate of drug-likeness (QED) is 0.864. The molecule has 0 atom stereocenters. The molecule has 1 aliphatic heterocycles. The molecule has 0 spiro atoms. The van der Waals surface area contributed by atoms with Crippen LogP contribution in [0.2, 0.25) is 0 Å². The van der Waals surface area contributed by atoms with E-state index in [1.807, 2.05) is 23.1 Å². The van der Waals surface area contributed by atoms with E-state index in [9.17, 15) is 0 Å². The maximum absolute atomic E-state index is 4.81. The van der Waals surface area contributed by atoms with E-state index >= 15 is 0 Å². The standard InChI is InChI=1S/C16H23N5/c1-2-5-14(4-1)10-19-8-9-20-11-15(18-16(20)13-19)12-21-7-3-6-17-21/h3,6-7,11,14H,1-2,4-5,8-10,12-13H2. The Morgan fingerprint density at radius 2 is 2.10 bits per heavy atom. The predicted molar refractivity (Wildman–Crippen MR) is 80.8 cm³/mol. The number of aromatic nitrogens is 4. The molecular formula is C16H23N5. The predicted octanol–water partition coefficient (Wildman–Crippen LogP) is 2.13. The topological polar surface area (TPSA) is 38.9 Å². The first kappa shape index (κ1) is 13.1. The van der Waals surface area contributed by atoms with Gasteiger partial charge in [-0.25, -0.2) is 4.98 Å². The van der Waals surface area contributed by atoms with Gasteiger partial charge in [0, 0.05) is 38.2 Å². The lowest BCUT2D eigenvalue weighted by atomic mass is 10.1. The highest BCUT2D eigenvalue weighted by Crippen LogP contribution is 2.26. The van der Waals surface area contributed by atoms with E-state index in [1.165, 1.54) is 44.6 Å². The molecule has 0 bridgehead atoms. The molecular weight excluding hydrogens is 262 g/mol. The Bertz CT molecular complexity index is 580. The smallest absolute Gasteiger partial charge is 0.123 e. The Labute approximate surface area is 125 Å². The fourth-order valence-electron chi connectivity index (χ4n) is 3.71. The van der Waals surface area contributed by atoms with E-state index in [1.54, 1.807) is 0 Å². The van der Waals surface area contributed by atoms with Crippen molar-refractivity contribution < 1.29 is 0 Å². The molecule has 21 heavy (non-hydrogen) atoms. The number of fused-ring (bicyclic) bond motifs is 1. The van der Waals surface area contributed by atoms with E-state index in [-0.39, 0.29) is 0 Å². The highest BCUT2D eigenvalue weighted by atomic mass is 15.3. The number of rotatable bonds is 4. The third-order valence-corrected chi connectivity index (χ3v) is 4.81. The fraction of sp³-hybridized carbons (Fsp3) is 0.625. The van der Waals surface area contributed by atoms with Gasteiger partial charge in [-0.15, -0.1) is 0 Å². The maximum Gasteiger partial charge on any atom is 0.123 e. The minimum atomic E-state index is 0.773. The molecule has 0 unspecified atom stereocenters. The third-order valence-electron chi connectivity index (χ3n) is 4.81. The molecule has 0 N–H and O–H groups in total. The molecule has 0 saturated heterocycles. The molecule has 2 aromatic heterocycles. The van der Waals surface area contributed by atoms with Crippen LogP contribution in [0.5, 0.6) is 0 Å². The first-order chi connectivity index (χ1) is 10.4. The van der Waals surface area contributed by atoms with Crippen molar-refractivity contribution in [3.63, 3.8) is 0 Å². The van der Waals surface area contributed by atoms with E-state index in [2.05, 4.69) is 20.8 Å². The van der Waals surface area contributed by atoms with Gasteiger partial charge in [-0.1, -0.05) is 12.8 Å². The Morgan fingerprint density at radius 1 is 1.19 bits per heavy atom. The first-order valence-corrected chi connectivity index (χ1v) is 8.11. The fourth-order valence-corrected chi connectivity index (χ4v) is 3.71. The van der Waals surface area contributed by atoms with E-state index in [4.69, 9.17) is 4.98 Å². The second-order valence-corrected chi connectivity index (χ2v) is 6.43. The van der Waals surface area contributed by atoms with Crippen molar-refractivity contribution in [2.75, 3.05) is 13.1 Å². The summed E-state index contributed by atoms with van der Waals surface area (Å²) in [6, 6.07) is 1.96. The molecule has 112 valence electrons. The van der Waals surface area contributed by atoms with Crippen LogP contribution in [0.25, 0.3) is 0 Å². The largest absolute Gasteiger partial charge is 0.332 e. The van der Waals surface area contributed by atoms with E-state index in [0.29, 0.717) is 0 Å². The van der Waals surface area contributed by atoms with Gasteiger partial charge in [-0.05, 0) is 24.8 Å². The Hall–Kier alpha value is -1.62. The molecule has 0 radical (unpaired) electrons. The Balaban J connectivity index is 1.41. The van der Waals surface area contributed by atoms with Crippen LogP contribution in [0.4, 0.5) is 0 Å². The van der Waals surface area contributed by atoms with Crippen molar-refractivity contribution in [3.8, 4) is 0 Å². The van der Waals surface area contributed by atoms with Gasteiger partial charge >= 0.3 is 0 Å². The van der Waals surface area contributed by atoms with Crippen LogP contribution in [0.15, 0.2) is 24.7 Å². The van der Waals surface area contributed by atoms with Crippen molar-refractivity contribution in [3.05, 3.63) is 36.2 Å². The minimum absolute atomic E-state index is 0.773. The average Bonchev–Trinajstić information content (AvgIpc) is 3.19. The summed E-state index contributed by atoms with van der Waals surface area (Å²) in [6.07, 6.45) is 11.7. The van der Waals surface area contributed by atoms with Crippen LogP contribution in [0.1, 0.15) is 37.2 Å². The normalized spacial score (nSPS) is 20.0. The summed E-state index contributed by atoms with van der Waals surface area (Å²) in [5.41, 5.74) is 1.12. The third kappa shape index (κ3) is 2.88. The molecule has 5 heteroatoms. The van der Waals surface area contributed by atoms with Crippen LogP contribution in [-0.4, -0.2) is 37.3 Å². The van der Waals surface area contributed by atoms with Crippen LogP contribution in [0.3, 0.4) is 0 Å². The Morgan fingerprint density at radius 3 is 2.90 bits per heavy atom. The molecule has 0 amide bonds. The second kappa shape index (κ2) is 5.64. The van der Waals surface area contributed by atoms with Crippen LogP contribution in [0, 0.1) is 5.92 Å². The lowest BCUT2D eigenvalue weighted by Gasteiger charge is -2.29. The van der Waals surface area contributed by atoms with Crippen LogP contribution < -0.4 is 0 Å². The van der Waals surface area contributed by atoms with Gasteiger partial charge in [0.15, 0.2) is 0 Å². The second-order valence-electron chi connectivity index (χ2n) is 6.43. The van der Waals surface area contributed by atoms with E-state index in [0.717, 1.165) is 31.2 Å². The van der Waals surface area contributed by atoms with Gasteiger partial charge in [0.1, 0.15) is 5.82 Å². The summed E-state index contributed by atoms with van der Waals surface area (Å²) >= 11 is 0. The number of nitrogens with zero attached hydrogens (tertiary/aromatic N) is 5. The zero-order valence-electron chi connectivity index (χ0n) is 12.5. The zero-order chi connectivity index (χ0) is 14.1. The zero-order valence-corrected chi connectivity index (χ0v) is 12.5. The number of hydrogen-bond donors (Lipinski definition) is 0. The molecule has 4 rings (SSSR count). The van der Waals surface area contributed by atoms with Gasteiger partial charge in [0.2, 0.25) is 0 Å². The highest BCUT2D eigenvalue weighted by molar-refractivity contribution is 5.07. The molecule has 3 heterocycles. The van der Waals surface area contributed by atoms with Gasteiger partial charge in [-0.3, -0.25) is 9.58 Å². The number of imidazole rings is 1. The molecule has 1 fully saturated rings. The van der Waals surface area contributed by atoms with Crippen molar-refractivity contribution in [1.82, 2.24) is 24.2 Å². The monoisotopic (exact) mass is 285 g/mol. The van der Waals surface area contributed by atoms with Gasteiger partial charge in [0.05, 0.1) is 18.8 Å². The molecule has 0 aromatic carbocycles.